The minimum absolute atomic E-state index is 0.280. The Morgan fingerprint density at radius 3 is 3.00 bits per heavy atom. The first-order valence-electron chi connectivity index (χ1n) is 5.09. The lowest BCUT2D eigenvalue weighted by Crippen LogP contribution is -2.20. The first-order valence-corrected chi connectivity index (χ1v) is 5.47. The van der Waals surface area contributed by atoms with Crippen LogP contribution >= 0.6 is 11.6 Å². The van der Waals surface area contributed by atoms with Gasteiger partial charge in [0.05, 0.1) is 0 Å². The number of unbranched alkanes of at least 4 members (excludes halogenated alkanes) is 1. The zero-order valence-corrected chi connectivity index (χ0v) is 9.51. The number of nitrogens with one attached hydrogen (secondary N) is 1. The topological polar surface area (TPSA) is 24.9 Å². The van der Waals surface area contributed by atoms with E-state index in [-0.39, 0.29) is 6.04 Å². The van der Waals surface area contributed by atoms with Crippen molar-refractivity contribution in [2.24, 2.45) is 0 Å². The predicted molar refractivity (Wildman–Crippen MR) is 60.6 cm³/mol. The van der Waals surface area contributed by atoms with Gasteiger partial charge in [-0.3, -0.25) is 0 Å². The van der Waals surface area contributed by atoms with Crippen molar-refractivity contribution in [2.75, 3.05) is 6.54 Å². The van der Waals surface area contributed by atoms with E-state index in [0.717, 1.165) is 12.1 Å². The first kappa shape index (κ1) is 11.5. The smallest absolute Gasteiger partial charge is 0.133 e. The molecule has 0 saturated carbocycles. The van der Waals surface area contributed by atoms with Crippen LogP contribution in [0.15, 0.2) is 18.3 Å². The van der Waals surface area contributed by atoms with E-state index >= 15 is 0 Å². The Balaban J connectivity index is 2.51. The van der Waals surface area contributed by atoms with Gasteiger partial charge in [0.25, 0.3) is 0 Å². The summed E-state index contributed by atoms with van der Waals surface area (Å²) >= 11 is 5.98. The molecule has 0 bridgehead atoms. The third-order valence-electron chi connectivity index (χ3n) is 2.24. The summed E-state index contributed by atoms with van der Waals surface area (Å²) in [5.41, 5.74) is 1.07. The fraction of sp³-hybridized carbons (Fsp3) is 0.545. The summed E-state index contributed by atoms with van der Waals surface area (Å²) in [4.78, 5) is 4.05. The van der Waals surface area contributed by atoms with Gasteiger partial charge in [-0.25, -0.2) is 4.98 Å². The van der Waals surface area contributed by atoms with Gasteiger partial charge in [0, 0.05) is 17.8 Å². The second kappa shape index (κ2) is 5.99. The molecule has 0 aliphatic carbocycles. The van der Waals surface area contributed by atoms with Crippen LogP contribution in [0.2, 0.25) is 5.15 Å². The van der Waals surface area contributed by atoms with Crippen LogP contribution in [0.1, 0.15) is 38.3 Å². The monoisotopic (exact) mass is 212 g/mol. The normalized spacial score (nSPS) is 12.8. The molecule has 0 radical (unpaired) electrons. The lowest BCUT2D eigenvalue weighted by molar-refractivity contribution is 0.553. The second-order valence-electron chi connectivity index (χ2n) is 3.41. The van der Waals surface area contributed by atoms with E-state index in [1.165, 1.54) is 12.8 Å². The molecule has 1 atom stereocenters. The van der Waals surface area contributed by atoms with Crippen LogP contribution in [-0.2, 0) is 0 Å². The highest BCUT2D eigenvalue weighted by Gasteiger charge is 2.08. The minimum Gasteiger partial charge on any atom is -0.310 e. The number of pyridine rings is 1. The van der Waals surface area contributed by atoms with Crippen LogP contribution in [0, 0.1) is 0 Å². The molecule has 0 fully saturated rings. The molecule has 1 N–H and O–H groups in total. The Hall–Kier alpha value is -0.600. The van der Waals surface area contributed by atoms with Crippen LogP contribution in [0.5, 0.6) is 0 Å². The van der Waals surface area contributed by atoms with Gasteiger partial charge in [-0.1, -0.05) is 31.0 Å². The highest BCUT2D eigenvalue weighted by molar-refractivity contribution is 6.30. The van der Waals surface area contributed by atoms with Gasteiger partial charge in [0.15, 0.2) is 0 Å². The molecular weight excluding hydrogens is 196 g/mol. The van der Waals surface area contributed by atoms with E-state index in [0.29, 0.717) is 5.15 Å². The summed E-state index contributed by atoms with van der Waals surface area (Å²) in [6, 6.07) is 4.21. The molecular formula is C11H17ClN2. The maximum Gasteiger partial charge on any atom is 0.133 e. The van der Waals surface area contributed by atoms with E-state index in [1.54, 1.807) is 6.20 Å². The maximum absolute atomic E-state index is 5.98. The third kappa shape index (κ3) is 3.28. The number of hydrogen-bond acceptors (Lipinski definition) is 2. The zero-order valence-electron chi connectivity index (χ0n) is 8.76. The van der Waals surface area contributed by atoms with Crippen LogP contribution in [-0.4, -0.2) is 11.5 Å². The predicted octanol–water partition coefficient (Wildman–Crippen LogP) is 3.19. The molecule has 0 amide bonds. The summed E-state index contributed by atoms with van der Waals surface area (Å²) < 4.78 is 0. The van der Waals surface area contributed by atoms with Crippen molar-refractivity contribution in [3.8, 4) is 0 Å². The average molecular weight is 213 g/mol. The van der Waals surface area contributed by atoms with E-state index in [4.69, 9.17) is 11.6 Å². The van der Waals surface area contributed by atoms with Crippen molar-refractivity contribution in [2.45, 2.75) is 32.7 Å². The van der Waals surface area contributed by atoms with Crippen molar-refractivity contribution in [3.05, 3.63) is 29.0 Å². The molecule has 0 saturated heterocycles. The standard InChI is InChI=1S/C11H17ClN2/c1-3-4-7-13-9(2)10-6-5-8-14-11(10)12/h5-6,8-9,13H,3-4,7H2,1-2H3. The Morgan fingerprint density at radius 2 is 2.36 bits per heavy atom. The van der Waals surface area contributed by atoms with Gasteiger partial charge >= 0.3 is 0 Å². The maximum atomic E-state index is 5.98. The number of aromatic nitrogens is 1. The van der Waals surface area contributed by atoms with E-state index < -0.39 is 0 Å². The van der Waals surface area contributed by atoms with Crippen LogP contribution < -0.4 is 5.32 Å². The van der Waals surface area contributed by atoms with Crippen molar-refractivity contribution < 1.29 is 0 Å². The summed E-state index contributed by atoms with van der Waals surface area (Å²) in [6.45, 7) is 5.32. The van der Waals surface area contributed by atoms with Crippen LogP contribution in [0.3, 0.4) is 0 Å². The molecule has 1 rings (SSSR count). The Labute approximate surface area is 90.7 Å². The highest BCUT2D eigenvalue weighted by Crippen LogP contribution is 2.19. The molecule has 78 valence electrons. The number of hydrogen-bond donors (Lipinski definition) is 1. The Morgan fingerprint density at radius 1 is 1.57 bits per heavy atom. The van der Waals surface area contributed by atoms with E-state index in [2.05, 4.69) is 24.1 Å². The fourth-order valence-electron chi connectivity index (χ4n) is 1.33. The highest BCUT2D eigenvalue weighted by atomic mass is 35.5. The van der Waals surface area contributed by atoms with E-state index in [1.807, 2.05) is 12.1 Å². The van der Waals surface area contributed by atoms with Crippen LogP contribution in [0.25, 0.3) is 0 Å². The Kier molecular flexibility index (Phi) is 4.91. The minimum atomic E-state index is 0.280. The van der Waals surface area contributed by atoms with Crippen molar-refractivity contribution >= 4 is 11.6 Å². The molecule has 1 heterocycles. The zero-order chi connectivity index (χ0) is 10.4. The summed E-state index contributed by atoms with van der Waals surface area (Å²) in [7, 11) is 0. The molecule has 0 aliphatic rings. The SMILES string of the molecule is CCCCNC(C)c1cccnc1Cl. The molecule has 1 unspecified atom stereocenters. The second-order valence-corrected chi connectivity index (χ2v) is 3.77. The van der Waals surface area contributed by atoms with Gasteiger partial charge in [0.2, 0.25) is 0 Å². The largest absolute Gasteiger partial charge is 0.310 e. The number of rotatable bonds is 5. The molecule has 2 nitrogen and oxygen atoms in total. The number of halogens is 1. The summed E-state index contributed by atoms with van der Waals surface area (Å²) in [5, 5.41) is 4.02. The van der Waals surface area contributed by atoms with E-state index in [9.17, 15) is 0 Å². The molecule has 3 heteroatoms. The average Bonchev–Trinajstić information content (AvgIpc) is 2.18. The first-order chi connectivity index (χ1) is 6.75. The quantitative estimate of drug-likeness (QED) is 0.599. The lowest BCUT2D eigenvalue weighted by Gasteiger charge is -2.14. The van der Waals surface area contributed by atoms with Gasteiger partial charge in [-0.2, -0.15) is 0 Å². The molecule has 0 aliphatic heterocycles. The van der Waals surface area contributed by atoms with Crippen molar-refractivity contribution in [3.63, 3.8) is 0 Å². The fourth-order valence-corrected chi connectivity index (χ4v) is 1.61. The van der Waals surface area contributed by atoms with Crippen molar-refractivity contribution in [1.82, 2.24) is 10.3 Å². The van der Waals surface area contributed by atoms with Crippen molar-refractivity contribution in [1.29, 1.82) is 0 Å². The molecule has 14 heavy (non-hydrogen) atoms. The third-order valence-corrected chi connectivity index (χ3v) is 2.55. The number of nitrogens with zero attached hydrogens (tertiary/aromatic N) is 1. The summed E-state index contributed by atoms with van der Waals surface area (Å²) in [5.74, 6) is 0. The van der Waals surface area contributed by atoms with Gasteiger partial charge in [-0.05, 0) is 26.0 Å². The molecule has 0 spiro atoms. The lowest BCUT2D eigenvalue weighted by atomic mass is 10.1. The van der Waals surface area contributed by atoms with Gasteiger partial charge in [0.1, 0.15) is 5.15 Å². The van der Waals surface area contributed by atoms with Gasteiger partial charge < -0.3 is 5.32 Å². The van der Waals surface area contributed by atoms with Crippen LogP contribution in [0.4, 0.5) is 0 Å². The molecule has 1 aromatic heterocycles. The molecule has 0 aromatic carbocycles. The Bertz CT molecular complexity index is 276. The summed E-state index contributed by atoms with van der Waals surface area (Å²) in [6.07, 6.45) is 4.12. The van der Waals surface area contributed by atoms with Gasteiger partial charge in [-0.15, -0.1) is 0 Å². The molecule has 1 aromatic rings.